The molecule has 2 rings (SSSR count). The quantitative estimate of drug-likeness (QED) is 0.676. The SMILES string of the molecule is BrCC1(CN2CCCC2)CCC1. The van der Waals surface area contributed by atoms with Crippen LogP contribution in [-0.2, 0) is 0 Å². The molecule has 0 aromatic carbocycles. The second-order valence-corrected chi connectivity index (χ2v) is 5.03. The van der Waals surface area contributed by atoms with E-state index < -0.39 is 0 Å². The Kier molecular flexibility index (Phi) is 2.75. The summed E-state index contributed by atoms with van der Waals surface area (Å²) in [6, 6.07) is 0. The summed E-state index contributed by atoms with van der Waals surface area (Å²) in [5, 5.41) is 1.22. The molecule has 1 aliphatic carbocycles. The van der Waals surface area contributed by atoms with Gasteiger partial charge in [-0.1, -0.05) is 22.4 Å². The first-order valence-electron chi connectivity index (χ1n) is 5.13. The van der Waals surface area contributed by atoms with Crippen LogP contribution in [-0.4, -0.2) is 29.9 Å². The van der Waals surface area contributed by atoms with Crippen LogP contribution in [0.15, 0.2) is 0 Å². The summed E-state index contributed by atoms with van der Waals surface area (Å²) in [7, 11) is 0. The van der Waals surface area contributed by atoms with Crippen molar-refractivity contribution in [2.75, 3.05) is 25.0 Å². The van der Waals surface area contributed by atoms with E-state index in [0.717, 1.165) is 0 Å². The van der Waals surface area contributed by atoms with E-state index in [2.05, 4.69) is 20.8 Å². The van der Waals surface area contributed by atoms with Crippen molar-refractivity contribution in [3.63, 3.8) is 0 Å². The molecular formula is C10H18BrN. The first-order chi connectivity index (χ1) is 5.85. The predicted molar refractivity (Wildman–Crippen MR) is 55.8 cm³/mol. The molecule has 0 unspecified atom stereocenters. The highest BCUT2D eigenvalue weighted by Gasteiger charge is 2.37. The van der Waals surface area contributed by atoms with Crippen molar-refractivity contribution in [2.45, 2.75) is 32.1 Å². The number of halogens is 1. The summed E-state index contributed by atoms with van der Waals surface area (Å²) in [5.74, 6) is 0. The highest BCUT2D eigenvalue weighted by Crippen LogP contribution is 2.43. The van der Waals surface area contributed by atoms with Crippen molar-refractivity contribution < 1.29 is 0 Å². The van der Waals surface area contributed by atoms with Gasteiger partial charge in [-0.2, -0.15) is 0 Å². The third kappa shape index (κ3) is 1.69. The molecule has 1 nitrogen and oxygen atoms in total. The monoisotopic (exact) mass is 231 g/mol. The van der Waals surface area contributed by atoms with Gasteiger partial charge in [0.2, 0.25) is 0 Å². The lowest BCUT2D eigenvalue weighted by molar-refractivity contribution is 0.105. The van der Waals surface area contributed by atoms with Gasteiger partial charge in [-0.15, -0.1) is 0 Å². The normalized spacial score (nSPS) is 28.8. The van der Waals surface area contributed by atoms with E-state index in [1.165, 1.54) is 57.1 Å². The number of hydrogen-bond donors (Lipinski definition) is 0. The lowest BCUT2D eigenvalue weighted by Crippen LogP contribution is -2.42. The minimum atomic E-state index is 0.671. The Morgan fingerprint density at radius 3 is 2.17 bits per heavy atom. The van der Waals surface area contributed by atoms with Crippen molar-refractivity contribution in [3.05, 3.63) is 0 Å². The van der Waals surface area contributed by atoms with E-state index in [1.807, 2.05) is 0 Å². The highest BCUT2D eigenvalue weighted by atomic mass is 79.9. The largest absolute Gasteiger partial charge is 0.303 e. The Morgan fingerprint density at radius 2 is 1.75 bits per heavy atom. The minimum Gasteiger partial charge on any atom is -0.303 e. The number of hydrogen-bond acceptors (Lipinski definition) is 1. The average molecular weight is 232 g/mol. The van der Waals surface area contributed by atoms with Crippen molar-refractivity contribution in [1.82, 2.24) is 4.90 Å². The second kappa shape index (κ2) is 3.67. The van der Waals surface area contributed by atoms with Crippen LogP contribution in [0.5, 0.6) is 0 Å². The molecule has 2 fully saturated rings. The van der Waals surface area contributed by atoms with Gasteiger partial charge in [-0.25, -0.2) is 0 Å². The van der Waals surface area contributed by atoms with Gasteiger partial charge in [0.05, 0.1) is 0 Å². The Morgan fingerprint density at radius 1 is 1.08 bits per heavy atom. The molecule has 0 spiro atoms. The van der Waals surface area contributed by atoms with Crippen molar-refractivity contribution in [3.8, 4) is 0 Å². The molecule has 2 heteroatoms. The van der Waals surface area contributed by atoms with Gasteiger partial charge >= 0.3 is 0 Å². The van der Waals surface area contributed by atoms with Gasteiger partial charge in [-0.05, 0) is 44.2 Å². The molecule has 0 bridgehead atoms. The average Bonchev–Trinajstić information content (AvgIpc) is 2.49. The van der Waals surface area contributed by atoms with Crippen molar-refractivity contribution >= 4 is 15.9 Å². The maximum Gasteiger partial charge on any atom is 0.0100 e. The molecule has 1 saturated heterocycles. The molecule has 1 aliphatic heterocycles. The van der Waals surface area contributed by atoms with Crippen LogP contribution in [0, 0.1) is 5.41 Å². The van der Waals surface area contributed by atoms with Crippen LogP contribution >= 0.6 is 15.9 Å². The minimum absolute atomic E-state index is 0.671. The van der Waals surface area contributed by atoms with E-state index in [0.29, 0.717) is 5.41 Å². The number of nitrogens with zero attached hydrogens (tertiary/aromatic N) is 1. The van der Waals surface area contributed by atoms with Crippen LogP contribution in [0.4, 0.5) is 0 Å². The standard InChI is InChI=1S/C10H18BrN/c11-8-10(4-3-5-10)9-12-6-1-2-7-12/h1-9H2. The van der Waals surface area contributed by atoms with Crippen molar-refractivity contribution in [2.24, 2.45) is 5.41 Å². The van der Waals surface area contributed by atoms with Gasteiger partial charge in [-0.3, -0.25) is 0 Å². The topological polar surface area (TPSA) is 3.24 Å². The lowest BCUT2D eigenvalue weighted by atomic mass is 9.70. The molecule has 1 heterocycles. The maximum atomic E-state index is 3.66. The number of likely N-dealkylation sites (tertiary alicyclic amines) is 1. The maximum absolute atomic E-state index is 3.66. The summed E-state index contributed by atoms with van der Waals surface area (Å²) >= 11 is 3.66. The zero-order chi connectivity index (χ0) is 8.44. The summed E-state index contributed by atoms with van der Waals surface area (Å²) in [4.78, 5) is 2.65. The third-order valence-corrected chi connectivity index (χ3v) is 4.64. The first-order valence-corrected chi connectivity index (χ1v) is 6.25. The van der Waals surface area contributed by atoms with Gasteiger partial charge in [0, 0.05) is 11.9 Å². The van der Waals surface area contributed by atoms with Gasteiger partial charge < -0.3 is 4.90 Å². The zero-order valence-electron chi connectivity index (χ0n) is 7.69. The second-order valence-electron chi connectivity index (χ2n) is 4.47. The number of alkyl halides is 1. The molecule has 1 saturated carbocycles. The molecule has 0 aromatic rings. The van der Waals surface area contributed by atoms with E-state index in [4.69, 9.17) is 0 Å². The Bertz CT molecular complexity index is 142. The molecule has 2 aliphatic rings. The summed E-state index contributed by atoms with van der Waals surface area (Å²) < 4.78 is 0. The molecule has 0 amide bonds. The molecule has 12 heavy (non-hydrogen) atoms. The van der Waals surface area contributed by atoms with Crippen molar-refractivity contribution in [1.29, 1.82) is 0 Å². The fraction of sp³-hybridized carbons (Fsp3) is 1.00. The highest BCUT2D eigenvalue weighted by molar-refractivity contribution is 9.09. The number of rotatable bonds is 3. The smallest absolute Gasteiger partial charge is 0.0100 e. The molecule has 0 atom stereocenters. The van der Waals surface area contributed by atoms with E-state index >= 15 is 0 Å². The third-order valence-electron chi connectivity index (χ3n) is 3.46. The van der Waals surface area contributed by atoms with E-state index in [1.54, 1.807) is 0 Å². The van der Waals surface area contributed by atoms with Crippen LogP contribution in [0.2, 0.25) is 0 Å². The van der Waals surface area contributed by atoms with Gasteiger partial charge in [0.25, 0.3) is 0 Å². The molecule has 0 radical (unpaired) electrons. The summed E-state index contributed by atoms with van der Waals surface area (Å²) in [5.41, 5.74) is 0.671. The first kappa shape index (κ1) is 9.01. The van der Waals surface area contributed by atoms with Crippen LogP contribution in [0.25, 0.3) is 0 Å². The molecule has 70 valence electrons. The van der Waals surface area contributed by atoms with Gasteiger partial charge in [0.1, 0.15) is 0 Å². The van der Waals surface area contributed by atoms with Crippen LogP contribution in [0.3, 0.4) is 0 Å². The lowest BCUT2D eigenvalue weighted by Gasteiger charge is -2.43. The van der Waals surface area contributed by atoms with E-state index in [-0.39, 0.29) is 0 Å². The Labute approximate surface area is 83.6 Å². The Balaban J connectivity index is 1.83. The Hall–Kier alpha value is 0.440. The predicted octanol–water partition coefficient (Wildman–Crippen LogP) is 2.65. The van der Waals surface area contributed by atoms with E-state index in [9.17, 15) is 0 Å². The fourth-order valence-electron chi connectivity index (χ4n) is 2.43. The summed E-state index contributed by atoms with van der Waals surface area (Å²) in [6.45, 7) is 4.07. The van der Waals surface area contributed by atoms with Gasteiger partial charge in [0.15, 0.2) is 0 Å². The molecular weight excluding hydrogens is 214 g/mol. The molecule has 0 N–H and O–H groups in total. The molecule has 0 aromatic heterocycles. The van der Waals surface area contributed by atoms with Crippen LogP contribution in [0.1, 0.15) is 32.1 Å². The van der Waals surface area contributed by atoms with Crippen LogP contribution < -0.4 is 0 Å². The summed E-state index contributed by atoms with van der Waals surface area (Å²) in [6.07, 6.45) is 7.22. The zero-order valence-corrected chi connectivity index (χ0v) is 9.28. The fourth-order valence-corrected chi connectivity index (χ4v) is 3.16.